The maximum atomic E-state index is 9.02. The molecule has 0 aliphatic rings. The van der Waals surface area contributed by atoms with Gasteiger partial charge in [-0.25, -0.2) is 0 Å². The van der Waals surface area contributed by atoms with Crippen LogP contribution >= 0.6 is 0 Å². The summed E-state index contributed by atoms with van der Waals surface area (Å²) in [5.41, 5.74) is 0.610. The number of benzene rings is 1. The Labute approximate surface area is 129 Å². The summed E-state index contributed by atoms with van der Waals surface area (Å²) in [7, 11) is 0. The highest BCUT2D eigenvalue weighted by Gasteiger charge is 2.09. The van der Waals surface area contributed by atoms with Crippen molar-refractivity contribution in [3.8, 4) is 11.8 Å². The zero-order valence-electron chi connectivity index (χ0n) is 13.8. The van der Waals surface area contributed by atoms with E-state index in [1.165, 1.54) is 0 Å². The quantitative estimate of drug-likeness (QED) is 0.646. The zero-order chi connectivity index (χ0) is 15.7. The van der Waals surface area contributed by atoms with Crippen LogP contribution in [0, 0.1) is 23.2 Å². The fourth-order valence-electron chi connectivity index (χ4n) is 2.45. The molecular weight excluding hydrogens is 260 g/mol. The van der Waals surface area contributed by atoms with Gasteiger partial charge in [0.15, 0.2) is 0 Å². The van der Waals surface area contributed by atoms with Crippen LogP contribution in [-0.4, -0.2) is 31.1 Å². The van der Waals surface area contributed by atoms with Crippen molar-refractivity contribution < 1.29 is 4.74 Å². The highest BCUT2D eigenvalue weighted by Crippen LogP contribution is 2.16. The van der Waals surface area contributed by atoms with Gasteiger partial charge in [-0.15, -0.1) is 0 Å². The van der Waals surface area contributed by atoms with Crippen molar-refractivity contribution in [1.29, 1.82) is 5.26 Å². The molecule has 0 aliphatic carbocycles. The molecule has 0 N–H and O–H groups in total. The summed E-state index contributed by atoms with van der Waals surface area (Å²) in [6.07, 6.45) is 0.985. The monoisotopic (exact) mass is 288 g/mol. The summed E-state index contributed by atoms with van der Waals surface area (Å²) in [6, 6.07) is 9.57. The Hall–Kier alpha value is -1.53. The molecule has 116 valence electrons. The van der Waals surface area contributed by atoms with Crippen LogP contribution < -0.4 is 4.74 Å². The maximum absolute atomic E-state index is 9.02. The van der Waals surface area contributed by atoms with Crippen LogP contribution in [0.2, 0.25) is 0 Å². The number of rotatable bonds is 9. The minimum atomic E-state index is 0.610. The molecule has 0 radical (unpaired) electrons. The van der Waals surface area contributed by atoms with Gasteiger partial charge in [0.1, 0.15) is 11.8 Å². The molecule has 1 rings (SSSR count). The lowest BCUT2D eigenvalue weighted by molar-refractivity contribution is 0.198. The van der Waals surface area contributed by atoms with E-state index >= 15 is 0 Å². The second-order valence-corrected chi connectivity index (χ2v) is 6.36. The van der Waals surface area contributed by atoms with E-state index in [-0.39, 0.29) is 0 Å². The van der Waals surface area contributed by atoms with Gasteiger partial charge in [-0.3, -0.25) is 0 Å². The van der Waals surface area contributed by atoms with Crippen LogP contribution in [0.5, 0.6) is 5.75 Å². The number of para-hydroxylation sites is 1. The summed E-state index contributed by atoms with van der Waals surface area (Å²) in [4.78, 5) is 2.51. The Morgan fingerprint density at radius 1 is 1.10 bits per heavy atom. The van der Waals surface area contributed by atoms with Gasteiger partial charge in [-0.1, -0.05) is 39.8 Å². The minimum Gasteiger partial charge on any atom is -0.492 e. The predicted octanol–water partition coefficient (Wildman–Crippen LogP) is 3.94. The van der Waals surface area contributed by atoms with Crippen molar-refractivity contribution in [3.05, 3.63) is 29.8 Å². The first-order valence-corrected chi connectivity index (χ1v) is 7.87. The Morgan fingerprint density at radius 3 is 2.29 bits per heavy atom. The van der Waals surface area contributed by atoms with Gasteiger partial charge in [0.05, 0.1) is 12.2 Å². The average Bonchev–Trinajstić information content (AvgIpc) is 2.42. The van der Waals surface area contributed by atoms with E-state index < -0.39 is 0 Å². The Bertz CT molecular complexity index is 439. The van der Waals surface area contributed by atoms with Crippen LogP contribution in [0.3, 0.4) is 0 Å². The summed E-state index contributed by atoms with van der Waals surface area (Å²) >= 11 is 0. The molecular formula is C18H28N2O. The number of nitriles is 1. The van der Waals surface area contributed by atoms with Gasteiger partial charge in [0.2, 0.25) is 0 Å². The van der Waals surface area contributed by atoms with E-state index in [1.807, 2.05) is 18.2 Å². The Kier molecular flexibility index (Phi) is 7.85. The third-order valence-corrected chi connectivity index (χ3v) is 3.13. The second-order valence-electron chi connectivity index (χ2n) is 6.36. The molecule has 0 spiro atoms. The van der Waals surface area contributed by atoms with Gasteiger partial charge in [0, 0.05) is 19.6 Å². The lowest BCUT2D eigenvalue weighted by Gasteiger charge is -2.26. The van der Waals surface area contributed by atoms with Crippen LogP contribution in [-0.2, 0) is 0 Å². The van der Waals surface area contributed by atoms with Crippen molar-refractivity contribution in [2.45, 2.75) is 34.1 Å². The van der Waals surface area contributed by atoms with Gasteiger partial charge >= 0.3 is 0 Å². The topological polar surface area (TPSA) is 36.3 Å². The highest BCUT2D eigenvalue weighted by atomic mass is 16.5. The first kappa shape index (κ1) is 17.5. The molecule has 0 saturated heterocycles. The third-order valence-electron chi connectivity index (χ3n) is 3.13. The Morgan fingerprint density at radius 2 is 1.71 bits per heavy atom. The molecule has 0 fully saturated rings. The maximum Gasteiger partial charge on any atom is 0.137 e. The van der Waals surface area contributed by atoms with E-state index in [0.717, 1.165) is 26.1 Å². The van der Waals surface area contributed by atoms with Crippen LogP contribution in [0.15, 0.2) is 24.3 Å². The SMILES string of the molecule is CC(C)CN(CCCOc1ccccc1C#N)CC(C)C. The molecule has 0 unspecified atom stereocenters. The fraction of sp³-hybridized carbons (Fsp3) is 0.611. The molecule has 0 aliphatic heterocycles. The normalized spacial score (nSPS) is 11.1. The molecule has 0 saturated carbocycles. The number of ether oxygens (including phenoxy) is 1. The van der Waals surface area contributed by atoms with E-state index in [4.69, 9.17) is 10.00 Å². The molecule has 0 bridgehead atoms. The van der Waals surface area contributed by atoms with Gasteiger partial charge in [-0.2, -0.15) is 5.26 Å². The number of nitrogens with zero attached hydrogens (tertiary/aromatic N) is 2. The molecule has 21 heavy (non-hydrogen) atoms. The highest BCUT2D eigenvalue weighted by molar-refractivity contribution is 5.42. The summed E-state index contributed by atoms with van der Waals surface area (Å²) < 4.78 is 5.74. The van der Waals surface area contributed by atoms with Gasteiger partial charge in [-0.05, 0) is 30.4 Å². The van der Waals surface area contributed by atoms with Crippen LogP contribution in [0.1, 0.15) is 39.7 Å². The summed E-state index contributed by atoms with van der Waals surface area (Å²) in [5.74, 6) is 2.06. The standard InChI is InChI=1S/C18H28N2O/c1-15(2)13-20(14-16(3)4)10-7-11-21-18-9-6-5-8-17(18)12-19/h5-6,8-9,15-16H,7,10-11,13-14H2,1-4H3. The fourth-order valence-corrected chi connectivity index (χ4v) is 2.45. The smallest absolute Gasteiger partial charge is 0.137 e. The van der Waals surface area contributed by atoms with Crippen molar-refractivity contribution in [3.63, 3.8) is 0 Å². The first-order valence-electron chi connectivity index (χ1n) is 7.87. The molecule has 0 amide bonds. The molecule has 3 heteroatoms. The van der Waals surface area contributed by atoms with Crippen molar-refractivity contribution >= 4 is 0 Å². The number of hydrogen-bond acceptors (Lipinski definition) is 3. The van der Waals surface area contributed by atoms with Crippen molar-refractivity contribution in [1.82, 2.24) is 4.90 Å². The average molecular weight is 288 g/mol. The summed E-state index contributed by atoms with van der Waals surface area (Å²) in [5, 5.41) is 9.02. The van der Waals surface area contributed by atoms with E-state index in [0.29, 0.717) is 29.8 Å². The zero-order valence-corrected chi connectivity index (χ0v) is 13.8. The van der Waals surface area contributed by atoms with E-state index in [9.17, 15) is 0 Å². The van der Waals surface area contributed by atoms with Gasteiger partial charge < -0.3 is 9.64 Å². The largest absolute Gasteiger partial charge is 0.492 e. The molecule has 0 atom stereocenters. The second kappa shape index (κ2) is 9.41. The van der Waals surface area contributed by atoms with Crippen LogP contribution in [0.4, 0.5) is 0 Å². The summed E-state index contributed by atoms with van der Waals surface area (Å²) in [6.45, 7) is 13.0. The predicted molar refractivity (Wildman–Crippen MR) is 87.4 cm³/mol. The molecule has 3 nitrogen and oxygen atoms in total. The molecule has 1 aromatic carbocycles. The minimum absolute atomic E-state index is 0.610. The van der Waals surface area contributed by atoms with Gasteiger partial charge in [0.25, 0.3) is 0 Å². The van der Waals surface area contributed by atoms with E-state index in [2.05, 4.69) is 38.7 Å². The van der Waals surface area contributed by atoms with Crippen molar-refractivity contribution in [2.75, 3.05) is 26.2 Å². The third kappa shape index (κ3) is 7.15. The molecule has 0 heterocycles. The van der Waals surface area contributed by atoms with Crippen molar-refractivity contribution in [2.24, 2.45) is 11.8 Å². The van der Waals surface area contributed by atoms with Crippen LogP contribution in [0.25, 0.3) is 0 Å². The Balaban J connectivity index is 2.38. The molecule has 1 aromatic rings. The molecule has 0 aromatic heterocycles. The van der Waals surface area contributed by atoms with E-state index in [1.54, 1.807) is 6.07 Å². The first-order chi connectivity index (χ1) is 10.0. The number of hydrogen-bond donors (Lipinski definition) is 0. The lowest BCUT2D eigenvalue weighted by atomic mass is 10.1. The lowest BCUT2D eigenvalue weighted by Crippen LogP contribution is -2.33.